The molecule has 3 rings (SSSR count). The standard InChI is InChI=1S/C33H53N5O5/c1-9-11-17-24(28(39)30(41)34-18-10-2)35-29(40)27-25-23(33(25,7)8)19-37(27)31(42)26(22-15-13-12-14-16-22)36-32(43)38(20(3)4)21(5)6/h9-10,20-27H,1-2,11-19H2,3-8H3,(H,34,41)(H,35,40)(H,36,43). The highest BCUT2D eigenvalue weighted by molar-refractivity contribution is 6.38. The van der Waals surface area contributed by atoms with Gasteiger partial charge in [0.25, 0.3) is 5.91 Å². The molecular weight excluding hydrogens is 546 g/mol. The first-order chi connectivity index (χ1) is 20.3. The molecular formula is C33H53N5O5. The molecule has 3 N–H and O–H groups in total. The summed E-state index contributed by atoms with van der Waals surface area (Å²) < 4.78 is 0. The molecule has 43 heavy (non-hydrogen) atoms. The topological polar surface area (TPSA) is 128 Å². The van der Waals surface area contributed by atoms with E-state index in [9.17, 15) is 24.0 Å². The summed E-state index contributed by atoms with van der Waals surface area (Å²) in [5.41, 5.74) is -0.142. The molecule has 10 heteroatoms. The van der Waals surface area contributed by atoms with E-state index in [-0.39, 0.29) is 60.2 Å². The number of amides is 5. The maximum Gasteiger partial charge on any atom is 0.318 e. The minimum atomic E-state index is -1.05. The molecule has 2 aliphatic carbocycles. The van der Waals surface area contributed by atoms with Gasteiger partial charge in [-0.2, -0.15) is 0 Å². The minimum absolute atomic E-state index is 0.0181. The average molecular weight is 600 g/mol. The van der Waals surface area contributed by atoms with Gasteiger partial charge in [0.05, 0.1) is 6.04 Å². The Labute approximate surface area is 257 Å². The van der Waals surface area contributed by atoms with Crippen molar-refractivity contribution in [2.24, 2.45) is 23.2 Å². The van der Waals surface area contributed by atoms with Gasteiger partial charge in [0.2, 0.25) is 17.6 Å². The fourth-order valence-electron chi connectivity index (χ4n) is 7.33. The first-order valence-corrected chi connectivity index (χ1v) is 16.0. The molecule has 0 aromatic heterocycles. The van der Waals surface area contributed by atoms with Crippen LogP contribution in [0.2, 0.25) is 0 Å². The number of fused-ring (bicyclic) bond motifs is 1. The summed E-state index contributed by atoms with van der Waals surface area (Å²) in [7, 11) is 0. The van der Waals surface area contributed by atoms with Crippen molar-refractivity contribution in [1.29, 1.82) is 0 Å². The Morgan fingerprint density at radius 1 is 0.953 bits per heavy atom. The Morgan fingerprint density at radius 3 is 2.14 bits per heavy atom. The first kappa shape index (κ1) is 34.3. The molecule has 0 bridgehead atoms. The Kier molecular flexibility index (Phi) is 11.6. The van der Waals surface area contributed by atoms with Crippen LogP contribution in [0.4, 0.5) is 4.79 Å². The van der Waals surface area contributed by atoms with Gasteiger partial charge >= 0.3 is 6.03 Å². The Hall–Kier alpha value is -3.17. The number of hydrogen-bond donors (Lipinski definition) is 3. The molecule has 5 unspecified atom stereocenters. The molecule has 1 heterocycles. The van der Waals surface area contributed by atoms with Crippen molar-refractivity contribution in [3.05, 3.63) is 25.3 Å². The highest BCUT2D eigenvalue weighted by atomic mass is 16.2. The van der Waals surface area contributed by atoms with E-state index in [1.165, 1.54) is 6.08 Å². The van der Waals surface area contributed by atoms with Crippen molar-refractivity contribution in [2.75, 3.05) is 13.1 Å². The average Bonchev–Trinajstić information content (AvgIpc) is 3.28. The zero-order valence-electron chi connectivity index (χ0n) is 27.0. The summed E-state index contributed by atoms with van der Waals surface area (Å²) in [6.45, 7) is 19.8. The molecule has 1 saturated heterocycles. The number of Topliss-reactive ketones (excluding diaryl/α,β-unsaturated/α-hetero) is 1. The highest BCUT2D eigenvalue weighted by Gasteiger charge is 2.69. The van der Waals surface area contributed by atoms with Crippen molar-refractivity contribution >= 4 is 29.5 Å². The zero-order chi connectivity index (χ0) is 32.1. The third-order valence-electron chi connectivity index (χ3n) is 9.70. The Bertz CT molecular complexity index is 1070. The molecule has 5 amide bonds. The van der Waals surface area contributed by atoms with E-state index in [0.717, 1.165) is 32.1 Å². The summed E-state index contributed by atoms with van der Waals surface area (Å²) in [6.07, 6.45) is 8.50. The molecule has 10 nitrogen and oxygen atoms in total. The summed E-state index contributed by atoms with van der Waals surface area (Å²) in [4.78, 5) is 70.8. The molecule has 240 valence electrons. The number of hydrogen-bond acceptors (Lipinski definition) is 5. The van der Waals surface area contributed by atoms with E-state index < -0.39 is 35.7 Å². The van der Waals surface area contributed by atoms with Crippen molar-refractivity contribution in [2.45, 2.75) is 117 Å². The summed E-state index contributed by atoms with van der Waals surface area (Å²) in [5.74, 6) is -2.18. The predicted octanol–water partition coefficient (Wildman–Crippen LogP) is 3.57. The lowest BCUT2D eigenvalue weighted by molar-refractivity contribution is -0.144. The van der Waals surface area contributed by atoms with Crippen LogP contribution in [-0.2, 0) is 19.2 Å². The fourth-order valence-corrected chi connectivity index (χ4v) is 7.33. The number of ketones is 1. The van der Waals surface area contributed by atoms with Gasteiger partial charge in [0.15, 0.2) is 0 Å². The predicted molar refractivity (Wildman–Crippen MR) is 167 cm³/mol. The number of allylic oxidation sites excluding steroid dienone is 1. The van der Waals surface area contributed by atoms with E-state index >= 15 is 0 Å². The zero-order valence-corrected chi connectivity index (χ0v) is 27.0. The lowest BCUT2D eigenvalue weighted by Crippen LogP contribution is -2.61. The van der Waals surface area contributed by atoms with Crippen LogP contribution >= 0.6 is 0 Å². The molecule has 0 aromatic rings. The molecule has 1 aliphatic heterocycles. The third kappa shape index (κ3) is 7.68. The second-order valence-electron chi connectivity index (χ2n) is 13.6. The van der Waals surface area contributed by atoms with Gasteiger partial charge in [0, 0.05) is 25.2 Å². The molecule has 5 atom stereocenters. The van der Waals surface area contributed by atoms with E-state index in [1.54, 1.807) is 15.9 Å². The lowest BCUT2D eigenvalue weighted by Gasteiger charge is -2.39. The quantitative estimate of drug-likeness (QED) is 0.208. The molecule has 3 fully saturated rings. The van der Waals surface area contributed by atoms with Crippen LogP contribution in [0.5, 0.6) is 0 Å². The molecule has 0 spiro atoms. The smallest absolute Gasteiger partial charge is 0.318 e. The molecule has 0 radical (unpaired) electrons. The van der Waals surface area contributed by atoms with Gasteiger partial charge in [-0.1, -0.05) is 45.3 Å². The molecule has 0 aromatic carbocycles. The van der Waals surface area contributed by atoms with Crippen molar-refractivity contribution < 1.29 is 24.0 Å². The molecule has 2 saturated carbocycles. The van der Waals surface area contributed by atoms with Gasteiger partial charge in [-0.15, -0.1) is 13.2 Å². The van der Waals surface area contributed by atoms with Crippen LogP contribution < -0.4 is 16.0 Å². The van der Waals surface area contributed by atoms with Crippen LogP contribution in [0.1, 0.15) is 86.5 Å². The van der Waals surface area contributed by atoms with Crippen LogP contribution in [-0.4, -0.2) is 82.6 Å². The van der Waals surface area contributed by atoms with Crippen molar-refractivity contribution in [3.8, 4) is 0 Å². The van der Waals surface area contributed by atoms with Gasteiger partial charge in [0.1, 0.15) is 12.1 Å². The van der Waals surface area contributed by atoms with E-state index in [1.807, 2.05) is 27.7 Å². The normalized spacial score (nSPS) is 24.0. The molecule has 3 aliphatic rings. The Balaban J connectivity index is 1.88. The maximum absolute atomic E-state index is 14.4. The van der Waals surface area contributed by atoms with Crippen LogP contribution in [0.3, 0.4) is 0 Å². The highest BCUT2D eigenvalue weighted by Crippen LogP contribution is 2.65. The van der Waals surface area contributed by atoms with Gasteiger partial charge < -0.3 is 25.8 Å². The van der Waals surface area contributed by atoms with E-state index in [2.05, 4.69) is 43.0 Å². The number of urea groups is 1. The number of nitrogens with zero attached hydrogens (tertiary/aromatic N) is 2. The van der Waals surface area contributed by atoms with Gasteiger partial charge in [-0.05, 0) is 76.5 Å². The monoisotopic (exact) mass is 599 g/mol. The summed E-state index contributed by atoms with van der Waals surface area (Å²) in [5, 5.41) is 8.41. The summed E-state index contributed by atoms with van der Waals surface area (Å²) >= 11 is 0. The first-order valence-electron chi connectivity index (χ1n) is 16.0. The maximum atomic E-state index is 14.4. The van der Waals surface area contributed by atoms with Crippen molar-refractivity contribution in [3.63, 3.8) is 0 Å². The Morgan fingerprint density at radius 2 is 1.58 bits per heavy atom. The lowest BCUT2D eigenvalue weighted by atomic mass is 9.83. The van der Waals surface area contributed by atoms with Crippen LogP contribution in [0, 0.1) is 23.2 Å². The van der Waals surface area contributed by atoms with Gasteiger partial charge in [-0.3, -0.25) is 19.2 Å². The third-order valence-corrected chi connectivity index (χ3v) is 9.70. The summed E-state index contributed by atoms with van der Waals surface area (Å²) in [6, 6.07) is -2.96. The second kappa shape index (κ2) is 14.5. The number of piperidine rings is 1. The van der Waals surface area contributed by atoms with E-state index in [0.29, 0.717) is 13.0 Å². The fraction of sp³-hybridized carbons (Fsp3) is 0.727. The van der Waals surface area contributed by atoms with Crippen molar-refractivity contribution in [1.82, 2.24) is 25.8 Å². The van der Waals surface area contributed by atoms with Crippen LogP contribution in [0.25, 0.3) is 0 Å². The van der Waals surface area contributed by atoms with E-state index in [4.69, 9.17) is 0 Å². The second-order valence-corrected chi connectivity index (χ2v) is 13.6. The number of carbonyl (C=O) groups excluding carboxylic acids is 5. The largest absolute Gasteiger partial charge is 0.346 e. The number of nitrogens with one attached hydrogen (secondary N) is 3. The van der Waals surface area contributed by atoms with Crippen LogP contribution in [0.15, 0.2) is 25.3 Å². The SMILES string of the molecule is C=CCCC(NC(=O)C1C2C(CN1C(=O)C(NC(=O)N(C(C)C)C(C)C)C1CCCCC1)C2(C)C)C(=O)C(=O)NCC=C. The number of carbonyl (C=O) groups is 5. The number of rotatable bonds is 14. The number of likely N-dealkylation sites (tertiary alicyclic amines) is 1. The minimum Gasteiger partial charge on any atom is -0.346 e. The van der Waals surface area contributed by atoms with Gasteiger partial charge in [-0.25, -0.2) is 4.79 Å².